The van der Waals surface area contributed by atoms with Gasteiger partial charge in [-0.2, -0.15) is 0 Å². The normalized spacial score (nSPS) is 11.3. The molecule has 2 nitrogen and oxygen atoms in total. The van der Waals surface area contributed by atoms with Crippen LogP contribution in [-0.4, -0.2) is 9.55 Å². The van der Waals surface area contributed by atoms with Gasteiger partial charge in [0.2, 0.25) is 0 Å². The summed E-state index contributed by atoms with van der Waals surface area (Å²) < 4.78 is 2.45. The van der Waals surface area contributed by atoms with Crippen molar-refractivity contribution in [1.82, 2.24) is 9.55 Å². The fourth-order valence-corrected chi connectivity index (χ4v) is 4.77. The summed E-state index contributed by atoms with van der Waals surface area (Å²) in [6, 6.07) is 19.2. The molecule has 0 fully saturated rings. The van der Waals surface area contributed by atoms with E-state index in [1.165, 1.54) is 80.4 Å². The number of benzene rings is 2. The fourth-order valence-electron chi connectivity index (χ4n) is 3.91. The SMILES string of the molecule is CCCCCCCCCCCCn1c(CSc2ccccc2)nc2ccccc21. The van der Waals surface area contributed by atoms with E-state index in [1.807, 2.05) is 11.8 Å². The summed E-state index contributed by atoms with van der Waals surface area (Å²) >= 11 is 1.88. The van der Waals surface area contributed by atoms with Crippen LogP contribution in [0.1, 0.15) is 77.0 Å². The maximum absolute atomic E-state index is 4.93. The molecule has 1 aromatic heterocycles. The molecule has 29 heavy (non-hydrogen) atoms. The third-order valence-corrected chi connectivity index (χ3v) is 6.59. The van der Waals surface area contributed by atoms with E-state index < -0.39 is 0 Å². The van der Waals surface area contributed by atoms with Crippen LogP contribution >= 0.6 is 11.8 Å². The predicted octanol–water partition coefficient (Wildman–Crippen LogP) is 8.25. The summed E-state index contributed by atoms with van der Waals surface area (Å²) in [4.78, 5) is 6.24. The van der Waals surface area contributed by atoms with Gasteiger partial charge in [-0.3, -0.25) is 0 Å². The minimum absolute atomic E-state index is 0.927. The van der Waals surface area contributed by atoms with Crippen LogP contribution in [0.5, 0.6) is 0 Å². The van der Waals surface area contributed by atoms with Crippen molar-refractivity contribution >= 4 is 22.8 Å². The summed E-state index contributed by atoms with van der Waals surface area (Å²) in [7, 11) is 0. The van der Waals surface area contributed by atoms with Gasteiger partial charge in [-0.05, 0) is 30.7 Å². The summed E-state index contributed by atoms with van der Waals surface area (Å²) in [6.45, 7) is 3.37. The number of nitrogens with zero attached hydrogens (tertiary/aromatic N) is 2. The number of aryl methyl sites for hydroxylation is 1. The first-order valence-electron chi connectivity index (χ1n) is 11.5. The molecule has 0 atom stereocenters. The highest BCUT2D eigenvalue weighted by Crippen LogP contribution is 2.25. The molecule has 0 saturated heterocycles. The monoisotopic (exact) mass is 408 g/mol. The van der Waals surface area contributed by atoms with E-state index in [-0.39, 0.29) is 0 Å². The Morgan fingerprint density at radius 3 is 2.07 bits per heavy atom. The summed E-state index contributed by atoms with van der Waals surface area (Å²) in [5.74, 6) is 2.13. The first-order chi connectivity index (χ1) is 14.4. The second-order valence-electron chi connectivity index (χ2n) is 7.95. The van der Waals surface area contributed by atoms with E-state index in [0.29, 0.717) is 0 Å². The fraction of sp³-hybridized carbons (Fsp3) is 0.500. The third kappa shape index (κ3) is 7.22. The molecular weight excluding hydrogens is 372 g/mol. The highest BCUT2D eigenvalue weighted by atomic mass is 32.2. The lowest BCUT2D eigenvalue weighted by Gasteiger charge is -2.09. The molecule has 0 aliphatic carbocycles. The van der Waals surface area contributed by atoms with Crippen LogP contribution in [0.15, 0.2) is 59.5 Å². The number of fused-ring (bicyclic) bond motifs is 1. The second kappa shape index (κ2) is 12.7. The minimum Gasteiger partial charge on any atom is -0.327 e. The molecule has 3 heteroatoms. The molecular formula is C26H36N2S. The van der Waals surface area contributed by atoms with Crippen LogP contribution in [0.3, 0.4) is 0 Å². The number of aromatic nitrogens is 2. The molecule has 0 aliphatic rings. The highest BCUT2D eigenvalue weighted by molar-refractivity contribution is 7.98. The summed E-state index contributed by atoms with van der Waals surface area (Å²) in [5, 5.41) is 0. The van der Waals surface area contributed by atoms with E-state index in [1.54, 1.807) is 0 Å². The Balaban J connectivity index is 1.46. The lowest BCUT2D eigenvalue weighted by molar-refractivity contribution is 0.534. The van der Waals surface area contributed by atoms with E-state index >= 15 is 0 Å². The number of rotatable bonds is 14. The Morgan fingerprint density at radius 2 is 1.34 bits per heavy atom. The van der Waals surface area contributed by atoms with Crippen molar-refractivity contribution in [2.75, 3.05) is 0 Å². The number of hydrogen-bond donors (Lipinski definition) is 0. The molecule has 0 N–H and O–H groups in total. The van der Waals surface area contributed by atoms with E-state index in [4.69, 9.17) is 4.98 Å². The molecule has 0 unspecified atom stereocenters. The number of para-hydroxylation sites is 2. The molecule has 0 aliphatic heterocycles. The Hall–Kier alpha value is -1.74. The lowest BCUT2D eigenvalue weighted by Crippen LogP contribution is -2.03. The molecule has 0 bridgehead atoms. The van der Waals surface area contributed by atoms with Crippen molar-refractivity contribution in [3.8, 4) is 0 Å². The molecule has 0 amide bonds. The first-order valence-corrected chi connectivity index (χ1v) is 12.5. The third-order valence-electron chi connectivity index (χ3n) is 5.58. The van der Waals surface area contributed by atoms with Crippen molar-refractivity contribution in [2.24, 2.45) is 0 Å². The quantitative estimate of drug-likeness (QED) is 0.197. The van der Waals surface area contributed by atoms with Gasteiger partial charge < -0.3 is 4.57 Å². The minimum atomic E-state index is 0.927. The van der Waals surface area contributed by atoms with Crippen LogP contribution in [0, 0.1) is 0 Å². The number of thioether (sulfide) groups is 1. The Bertz CT molecular complexity index is 825. The van der Waals surface area contributed by atoms with Gasteiger partial charge in [-0.15, -0.1) is 11.8 Å². The maximum Gasteiger partial charge on any atom is 0.120 e. The van der Waals surface area contributed by atoms with Gasteiger partial charge in [0.15, 0.2) is 0 Å². The zero-order valence-electron chi connectivity index (χ0n) is 18.0. The summed E-state index contributed by atoms with van der Waals surface area (Å²) in [5.41, 5.74) is 2.41. The van der Waals surface area contributed by atoms with Crippen molar-refractivity contribution in [3.05, 3.63) is 60.4 Å². The van der Waals surface area contributed by atoms with E-state index in [0.717, 1.165) is 17.8 Å². The van der Waals surface area contributed by atoms with Crippen LogP contribution in [0.2, 0.25) is 0 Å². The number of unbranched alkanes of at least 4 members (excludes halogenated alkanes) is 9. The standard InChI is InChI=1S/C26H36N2S/c1-2-3-4-5-6-7-8-9-10-16-21-28-25-20-15-14-19-24(25)27-26(28)22-29-23-17-12-11-13-18-23/h11-15,17-20H,2-10,16,21-22H2,1H3. The Kier molecular flexibility index (Phi) is 9.65. The second-order valence-corrected chi connectivity index (χ2v) is 9.00. The lowest BCUT2D eigenvalue weighted by atomic mass is 10.1. The van der Waals surface area contributed by atoms with Gasteiger partial charge in [0, 0.05) is 11.4 Å². The van der Waals surface area contributed by atoms with Gasteiger partial charge >= 0.3 is 0 Å². The summed E-state index contributed by atoms with van der Waals surface area (Å²) in [6.07, 6.45) is 13.8. The van der Waals surface area contributed by atoms with Crippen molar-refractivity contribution in [1.29, 1.82) is 0 Å². The molecule has 2 aromatic carbocycles. The van der Waals surface area contributed by atoms with Crippen molar-refractivity contribution in [2.45, 2.75) is 88.3 Å². The largest absolute Gasteiger partial charge is 0.327 e. The average Bonchev–Trinajstić information content (AvgIpc) is 3.12. The molecule has 156 valence electrons. The van der Waals surface area contributed by atoms with Crippen LogP contribution in [-0.2, 0) is 12.3 Å². The van der Waals surface area contributed by atoms with E-state index in [2.05, 4.69) is 66.1 Å². The highest BCUT2D eigenvalue weighted by Gasteiger charge is 2.10. The average molecular weight is 409 g/mol. The van der Waals surface area contributed by atoms with Gasteiger partial charge in [-0.1, -0.05) is 95.0 Å². The smallest absolute Gasteiger partial charge is 0.120 e. The van der Waals surface area contributed by atoms with Gasteiger partial charge in [-0.25, -0.2) is 4.98 Å². The van der Waals surface area contributed by atoms with Crippen LogP contribution < -0.4 is 0 Å². The molecule has 0 spiro atoms. The van der Waals surface area contributed by atoms with Gasteiger partial charge in [0.1, 0.15) is 5.82 Å². The molecule has 3 aromatic rings. The van der Waals surface area contributed by atoms with Gasteiger partial charge in [0.25, 0.3) is 0 Å². The van der Waals surface area contributed by atoms with Crippen LogP contribution in [0.4, 0.5) is 0 Å². The van der Waals surface area contributed by atoms with Crippen molar-refractivity contribution < 1.29 is 0 Å². The maximum atomic E-state index is 4.93. The molecule has 0 saturated carbocycles. The number of imidazole rings is 1. The molecule has 1 heterocycles. The van der Waals surface area contributed by atoms with Crippen LogP contribution in [0.25, 0.3) is 11.0 Å². The molecule has 3 rings (SSSR count). The topological polar surface area (TPSA) is 17.8 Å². The zero-order valence-corrected chi connectivity index (χ0v) is 18.8. The molecule has 0 radical (unpaired) electrons. The predicted molar refractivity (Wildman–Crippen MR) is 128 cm³/mol. The zero-order chi connectivity index (χ0) is 20.2. The number of hydrogen-bond acceptors (Lipinski definition) is 2. The Labute approximate surface area is 181 Å². The van der Waals surface area contributed by atoms with E-state index in [9.17, 15) is 0 Å². The van der Waals surface area contributed by atoms with Crippen molar-refractivity contribution in [3.63, 3.8) is 0 Å². The Morgan fingerprint density at radius 1 is 0.724 bits per heavy atom. The van der Waals surface area contributed by atoms with Gasteiger partial charge in [0.05, 0.1) is 16.8 Å². The first kappa shape index (κ1) is 22.0.